The van der Waals surface area contributed by atoms with Crippen LogP contribution in [0.15, 0.2) is 48.5 Å². The fourth-order valence-corrected chi connectivity index (χ4v) is 1.74. The first kappa shape index (κ1) is 11.9. The number of hydrogen-bond acceptors (Lipinski definition) is 2. The zero-order valence-corrected chi connectivity index (χ0v) is 9.46. The van der Waals surface area contributed by atoms with Gasteiger partial charge in [-0.3, -0.25) is 4.79 Å². The van der Waals surface area contributed by atoms with E-state index >= 15 is 0 Å². The molecule has 0 radical (unpaired) electrons. The van der Waals surface area contributed by atoms with E-state index in [2.05, 4.69) is 5.32 Å². The summed E-state index contributed by atoms with van der Waals surface area (Å²) < 4.78 is 0. The molecular weight excluding hydrogens is 230 g/mol. The van der Waals surface area contributed by atoms with Crippen LogP contribution in [-0.2, 0) is 4.79 Å². The Hall–Kier alpha value is -2.62. The molecule has 0 aliphatic heterocycles. The van der Waals surface area contributed by atoms with Crippen LogP contribution in [0.2, 0.25) is 0 Å². The Morgan fingerprint density at radius 3 is 2.33 bits per heavy atom. The Morgan fingerprint density at radius 2 is 1.72 bits per heavy atom. The molecule has 0 unspecified atom stereocenters. The number of nitrogens with one attached hydrogen (secondary N) is 1. The van der Waals surface area contributed by atoms with E-state index in [1.807, 2.05) is 0 Å². The van der Waals surface area contributed by atoms with Crippen molar-refractivity contribution < 1.29 is 14.7 Å². The molecule has 4 nitrogen and oxygen atoms in total. The van der Waals surface area contributed by atoms with Gasteiger partial charge in [-0.05, 0) is 29.3 Å². The summed E-state index contributed by atoms with van der Waals surface area (Å²) in [5.74, 6) is -0.958. The van der Waals surface area contributed by atoms with Gasteiger partial charge in [0.1, 0.15) is 0 Å². The molecule has 4 heteroatoms. The standard InChI is InChI=1S/C14H11NO3/c16-9-15-11-7-5-10(6-8-11)12-3-1-2-4-13(12)14(17)18/h1-9H,(H,15,16)(H,17,18). The van der Waals surface area contributed by atoms with Crippen molar-refractivity contribution in [2.24, 2.45) is 0 Å². The number of anilines is 1. The highest BCUT2D eigenvalue weighted by molar-refractivity contribution is 5.96. The van der Waals surface area contributed by atoms with Gasteiger partial charge < -0.3 is 10.4 Å². The molecule has 0 aliphatic rings. The van der Waals surface area contributed by atoms with Crippen LogP contribution in [0, 0.1) is 0 Å². The van der Waals surface area contributed by atoms with E-state index in [9.17, 15) is 9.59 Å². The summed E-state index contributed by atoms with van der Waals surface area (Å²) in [5, 5.41) is 11.6. The SMILES string of the molecule is O=CNc1ccc(-c2ccccc2C(=O)O)cc1. The predicted octanol–water partition coefficient (Wildman–Crippen LogP) is 2.62. The fourth-order valence-electron chi connectivity index (χ4n) is 1.74. The molecule has 2 aromatic carbocycles. The Kier molecular flexibility index (Phi) is 3.38. The second-order valence-electron chi connectivity index (χ2n) is 3.69. The van der Waals surface area contributed by atoms with Crippen molar-refractivity contribution in [2.75, 3.05) is 5.32 Å². The van der Waals surface area contributed by atoms with Crippen LogP contribution in [0.3, 0.4) is 0 Å². The number of carboxylic acid groups (broad SMARTS) is 1. The van der Waals surface area contributed by atoms with Crippen molar-refractivity contribution in [2.45, 2.75) is 0 Å². The minimum Gasteiger partial charge on any atom is -0.478 e. The van der Waals surface area contributed by atoms with Crippen molar-refractivity contribution in [3.63, 3.8) is 0 Å². The molecule has 0 aliphatic carbocycles. The number of benzene rings is 2. The summed E-state index contributed by atoms with van der Waals surface area (Å²) in [6.45, 7) is 0. The third kappa shape index (κ3) is 2.38. The molecule has 0 saturated carbocycles. The average Bonchev–Trinajstić information content (AvgIpc) is 2.40. The molecule has 0 heterocycles. The van der Waals surface area contributed by atoms with Crippen LogP contribution in [0.25, 0.3) is 11.1 Å². The molecule has 0 aromatic heterocycles. The monoisotopic (exact) mass is 241 g/mol. The molecule has 2 rings (SSSR count). The van der Waals surface area contributed by atoms with Crippen molar-refractivity contribution in [1.29, 1.82) is 0 Å². The number of aromatic carboxylic acids is 1. The molecule has 18 heavy (non-hydrogen) atoms. The Balaban J connectivity index is 2.42. The van der Waals surface area contributed by atoms with Crippen molar-refractivity contribution in [1.82, 2.24) is 0 Å². The Bertz CT molecular complexity index is 576. The van der Waals surface area contributed by atoms with Gasteiger partial charge in [0.25, 0.3) is 0 Å². The summed E-state index contributed by atoms with van der Waals surface area (Å²) in [4.78, 5) is 21.4. The second kappa shape index (κ2) is 5.14. The van der Waals surface area contributed by atoms with Crippen molar-refractivity contribution in [3.05, 3.63) is 54.1 Å². The first-order chi connectivity index (χ1) is 8.72. The highest BCUT2D eigenvalue weighted by Gasteiger charge is 2.10. The lowest BCUT2D eigenvalue weighted by Crippen LogP contribution is -1.99. The molecule has 0 spiro atoms. The minimum absolute atomic E-state index is 0.258. The average molecular weight is 241 g/mol. The molecule has 0 bridgehead atoms. The maximum absolute atomic E-state index is 11.1. The molecule has 0 saturated heterocycles. The minimum atomic E-state index is -0.958. The van der Waals surface area contributed by atoms with E-state index in [1.54, 1.807) is 48.5 Å². The largest absolute Gasteiger partial charge is 0.478 e. The molecule has 2 N–H and O–H groups in total. The van der Waals surface area contributed by atoms with Gasteiger partial charge in [-0.15, -0.1) is 0 Å². The number of hydrogen-bond donors (Lipinski definition) is 2. The van der Waals surface area contributed by atoms with Crippen LogP contribution >= 0.6 is 0 Å². The molecule has 1 amide bonds. The topological polar surface area (TPSA) is 66.4 Å². The molecule has 0 atom stereocenters. The highest BCUT2D eigenvalue weighted by Crippen LogP contribution is 2.25. The number of carboxylic acids is 1. The first-order valence-corrected chi connectivity index (χ1v) is 5.35. The summed E-state index contributed by atoms with van der Waals surface area (Å²) in [6, 6.07) is 13.8. The van der Waals surface area contributed by atoms with E-state index in [4.69, 9.17) is 5.11 Å². The smallest absolute Gasteiger partial charge is 0.336 e. The summed E-state index contributed by atoms with van der Waals surface area (Å²) in [7, 11) is 0. The second-order valence-corrected chi connectivity index (χ2v) is 3.69. The van der Waals surface area contributed by atoms with Gasteiger partial charge >= 0.3 is 5.97 Å². The van der Waals surface area contributed by atoms with E-state index in [1.165, 1.54) is 0 Å². The van der Waals surface area contributed by atoms with Gasteiger partial charge in [0.05, 0.1) is 5.56 Å². The van der Waals surface area contributed by atoms with Crippen LogP contribution in [0.1, 0.15) is 10.4 Å². The van der Waals surface area contributed by atoms with Gasteiger partial charge in [-0.1, -0.05) is 30.3 Å². The first-order valence-electron chi connectivity index (χ1n) is 5.35. The Morgan fingerprint density at radius 1 is 1.06 bits per heavy atom. The van der Waals surface area contributed by atoms with Crippen molar-refractivity contribution in [3.8, 4) is 11.1 Å². The zero-order chi connectivity index (χ0) is 13.0. The van der Waals surface area contributed by atoms with Crippen LogP contribution in [0.5, 0.6) is 0 Å². The fraction of sp³-hybridized carbons (Fsp3) is 0. The summed E-state index contributed by atoms with van der Waals surface area (Å²) >= 11 is 0. The zero-order valence-electron chi connectivity index (χ0n) is 9.46. The number of carbonyl (C=O) groups excluding carboxylic acids is 1. The third-order valence-corrected chi connectivity index (χ3v) is 2.58. The van der Waals surface area contributed by atoms with Crippen LogP contribution in [0.4, 0.5) is 5.69 Å². The Labute approximate surface area is 104 Å². The lowest BCUT2D eigenvalue weighted by atomic mass is 9.99. The van der Waals surface area contributed by atoms with Crippen LogP contribution < -0.4 is 5.32 Å². The molecule has 0 fully saturated rings. The highest BCUT2D eigenvalue weighted by atomic mass is 16.4. The molecular formula is C14H11NO3. The number of carbonyl (C=O) groups is 2. The van der Waals surface area contributed by atoms with Gasteiger partial charge in [-0.25, -0.2) is 4.79 Å². The summed E-state index contributed by atoms with van der Waals surface area (Å²) in [5.41, 5.74) is 2.38. The van der Waals surface area contributed by atoms with Gasteiger partial charge in [0.2, 0.25) is 6.41 Å². The lowest BCUT2D eigenvalue weighted by Gasteiger charge is -2.06. The predicted molar refractivity (Wildman–Crippen MR) is 68.5 cm³/mol. The number of rotatable bonds is 4. The van der Waals surface area contributed by atoms with Gasteiger partial charge in [0, 0.05) is 5.69 Å². The normalized spacial score (nSPS) is 9.78. The van der Waals surface area contributed by atoms with Crippen LogP contribution in [-0.4, -0.2) is 17.5 Å². The van der Waals surface area contributed by atoms with Gasteiger partial charge in [-0.2, -0.15) is 0 Å². The molecule has 2 aromatic rings. The van der Waals surface area contributed by atoms with E-state index < -0.39 is 5.97 Å². The lowest BCUT2D eigenvalue weighted by molar-refractivity contribution is -0.105. The van der Waals surface area contributed by atoms with E-state index in [0.717, 1.165) is 5.56 Å². The van der Waals surface area contributed by atoms with E-state index in [-0.39, 0.29) is 5.56 Å². The number of amides is 1. The van der Waals surface area contributed by atoms with Crippen molar-refractivity contribution >= 4 is 18.1 Å². The van der Waals surface area contributed by atoms with Gasteiger partial charge in [0.15, 0.2) is 0 Å². The van der Waals surface area contributed by atoms with E-state index in [0.29, 0.717) is 17.7 Å². The maximum atomic E-state index is 11.1. The summed E-state index contributed by atoms with van der Waals surface area (Å²) in [6.07, 6.45) is 0.597. The third-order valence-electron chi connectivity index (χ3n) is 2.58. The maximum Gasteiger partial charge on any atom is 0.336 e. The quantitative estimate of drug-likeness (QED) is 0.808. The molecule has 90 valence electrons.